The summed E-state index contributed by atoms with van der Waals surface area (Å²) < 4.78 is 1.60. The Labute approximate surface area is 172 Å². The first-order valence-corrected chi connectivity index (χ1v) is 11.3. The molecule has 0 saturated heterocycles. The van der Waals surface area contributed by atoms with Crippen molar-refractivity contribution in [3.05, 3.63) is 91.5 Å². The Kier molecular flexibility index (Phi) is 5.71. The highest BCUT2D eigenvalue weighted by Crippen LogP contribution is 2.23. The lowest BCUT2D eigenvalue weighted by atomic mass is 9.99. The van der Waals surface area contributed by atoms with Gasteiger partial charge in [-0.25, -0.2) is 4.98 Å². The van der Waals surface area contributed by atoms with Crippen molar-refractivity contribution in [3.8, 4) is 0 Å². The molecule has 0 unspecified atom stereocenters. The normalized spacial score (nSPS) is 12.7. The molecule has 28 heavy (non-hydrogen) atoms. The molecule has 4 nitrogen and oxygen atoms in total. The zero-order valence-corrected chi connectivity index (χ0v) is 17.7. The predicted molar refractivity (Wildman–Crippen MR) is 116 cm³/mol. The van der Waals surface area contributed by atoms with Crippen LogP contribution < -0.4 is 10.9 Å². The number of hydrogen-bond donors (Lipinski definition) is 1. The fourth-order valence-corrected chi connectivity index (χ4v) is 5.04. The number of hydrogen-bond acceptors (Lipinski definition) is 4. The summed E-state index contributed by atoms with van der Waals surface area (Å²) in [5.74, 6) is 0.655. The van der Waals surface area contributed by atoms with E-state index < -0.39 is 0 Å². The number of fused-ring (bicyclic) bond motifs is 1. The second kappa shape index (κ2) is 8.39. The van der Waals surface area contributed by atoms with Crippen molar-refractivity contribution in [2.75, 3.05) is 0 Å². The van der Waals surface area contributed by atoms with Crippen LogP contribution in [0, 0.1) is 5.92 Å². The molecular formula is C22H24N3OS2+. The number of nitrogens with zero attached hydrogens (tertiary/aromatic N) is 2. The number of thiophene rings is 1. The molecule has 4 rings (SSSR count). The summed E-state index contributed by atoms with van der Waals surface area (Å²) in [6, 6.07) is 15.1. The molecule has 0 radical (unpaired) electrons. The van der Waals surface area contributed by atoms with E-state index in [1.165, 1.54) is 27.3 Å². The third-order valence-electron chi connectivity index (χ3n) is 4.75. The molecule has 4 aromatic rings. The molecule has 0 amide bonds. The number of nitrogens with two attached hydrogens (primary N) is 1. The fourth-order valence-electron chi connectivity index (χ4n) is 3.45. The minimum absolute atomic E-state index is 0.0136. The van der Waals surface area contributed by atoms with Crippen molar-refractivity contribution in [1.29, 1.82) is 0 Å². The van der Waals surface area contributed by atoms with Gasteiger partial charge >= 0.3 is 0 Å². The first-order chi connectivity index (χ1) is 13.6. The van der Waals surface area contributed by atoms with E-state index in [2.05, 4.69) is 65.9 Å². The Morgan fingerprint density at radius 3 is 2.64 bits per heavy atom. The summed E-state index contributed by atoms with van der Waals surface area (Å²) >= 11 is 3.26. The van der Waals surface area contributed by atoms with Gasteiger partial charge in [0.05, 0.1) is 4.88 Å². The molecule has 3 aromatic heterocycles. The lowest BCUT2D eigenvalue weighted by Crippen LogP contribution is -2.84. The van der Waals surface area contributed by atoms with Crippen molar-refractivity contribution in [2.45, 2.75) is 32.9 Å². The van der Waals surface area contributed by atoms with Crippen LogP contribution in [-0.4, -0.2) is 9.38 Å². The predicted octanol–water partition coefficient (Wildman–Crippen LogP) is 3.87. The van der Waals surface area contributed by atoms with Gasteiger partial charge in [-0.05, 0) is 29.3 Å². The zero-order valence-electron chi connectivity index (χ0n) is 16.0. The highest BCUT2D eigenvalue weighted by Gasteiger charge is 2.19. The van der Waals surface area contributed by atoms with Gasteiger partial charge in [0.2, 0.25) is 0 Å². The van der Waals surface area contributed by atoms with E-state index >= 15 is 0 Å². The minimum atomic E-state index is -0.0136. The summed E-state index contributed by atoms with van der Waals surface area (Å²) in [5, 5.41) is 6.28. The fraction of sp³-hybridized carbons (Fsp3) is 0.273. The van der Waals surface area contributed by atoms with E-state index in [-0.39, 0.29) is 11.6 Å². The van der Waals surface area contributed by atoms with Gasteiger partial charge in [-0.1, -0.05) is 44.2 Å². The molecule has 144 valence electrons. The van der Waals surface area contributed by atoms with E-state index in [0.29, 0.717) is 12.5 Å². The maximum atomic E-state index is 12.2. The lowest BCUT2D eigenvalue weighted by molar-refractivity contribution is -0.702. The van der Waals surface area contributed by atoms with Crippen molar-refractivity contribution < 1.29 is 5.32 Å². The molecular weight excluding hydrogens is 386 g/mol. The van der Waals surface area contributed by atoms with E-state index in [4.69, 9.17) is 0 Å². The highest BCUT2D eigenvalue weighted by atomic mass is 32.1. The third kappa shape index (κ3) is 4.24. The minimum Gasteiger partial charge on any atom is -0.331 e. The van der Waals surface area contributed by atoms with Crippen LogP contribution in [0.1, 0.15) is 41.6 Å². The average Bonchev–Trinajstić information content (AvgIpc) is 3.35. The third-order valence-corrected chi connectivity index (χ3v) is 6.46. The summed E-state index contributed by atoms with van der Waals surface area (Å²) in [6.45, 7) is 5.16. The molecule has 1 atom stereocenters. The molecule has 3 heterocycles. The number of quaternary nitrogens is 1. The molecule has 0 aliphatic heterocycles. The largest absolute Gasteiger partial charge is 0.331 e. The summed E-state index contributed by atoms with van der Waals surface area (Å²) in [5.41, 5.74) is 3.47. The number of thiazole rings is 1. The van der Waals surface area contributed by atoms with Crippen molar-refractivity contribution in [2.24, 2.45) is 5.92 Å². The molecule has 0 bridgehead atoms. The Balaban J connectivity index is 1.57. The first kappa shape index (κ1) is 19.1. The van der Waals surface area contributed by atoms with E-state index in [0.717, 1.165) is 17.1 Å². The van der Waals surface area contributed by atoms with Crippen LogP contribution in [0.15, 0.2) is 64.2 Å². The van der Waals surface area contributed by atoms with Gasteiger partial charge in [0.25, 0.3) is 5.56 Å². The molecule has 0 fully saturated rings. The molecule has 6 heteroatoms. The van der Waals surface area contributed by atoms with Gasteiger partial charge in [0.15, 0.2) is 4.96 Å². The Hall–Kier alpha value is -2.28. The molecule has 0 spiro atoms. The van der Waals surface area contributed by atoms with Crippen LogP contribution in [0.5, 0.6) is 0 Å². The second-order valence-corrected chi connectivity index (χ2v) is 9.27. The van der Waals surface area contributed by atoms with Crippen molar-refractivity contribution in [3.63, 3.8) is 0 Å². The summed E-state index contributed by atoms with van der Waals surface area (Å²) in [6.07, 6.45) is 2.87. The maximum absolute atomic E-state index is 12.2. The number of benzene rings is 1. The van der Waals surface area contributed by atoms with Gasteiger partial charge in [-0.15, -0.1) is 22.7 Å². The smallest absolute Gasteiger partial charge is 0.258 e. The van der Waals surface area contributed by atoms with Crippen molar-refractivity contribution >= 4 is 27.6 Å². The quantitative estimate of drug-likeness (QED) is 0.503. The van der Waals surface area contributed by atoms with Gasteiger partial charge in [-0.3, -0.25) is 9.20 Å². The van der Waals surface area contributed by atoms with E-state index in [1.54, 1.807) is 28.0 Å². The zero-order chi connectivity index (χ0) is 19.5. The summed E-state index contributed by atoms with van der Waals surface area (Å²) in [7, 11) is 0. The molecule has 0 aliphatic rings. The first-order valence-electron chi connectivity index (χ1n) is 9.51. The summed E-state index contributed by atoms with van der Waals surface area (Å²) in [4.78, 5) is 19.0. The maximum Gasteiger partial charge on any atom is 0.258 e. The molecule has 1 aromatic carbocycles. The van der Waals surface area contributed by atoms with Gasteiger partial charge in [0.1, 0.15) is 18.3 Å². The van der Waals surface area contributed by atoms with Crippen molar-refractivity contribution in [1.82, 2.24) is 9.38 Å². The van der Waals surface area contributed by atoms with Crippen LogP contribution in [-0.2, 0) is 13.0 Å². The number of rotatable bonds is 7. The Morgan fingerprint density at radius 2 is 1.93 bits per heavy atom. The van der Waals surface area contributed by atoms with E-state index in [1.807, 2.05) is 5.38 Å². The monoisotopic (exact) mass is 410 g/mol. The van der Waals surface area contributed by atoms with Gasteiger partial charge < -0.3 is 5.32 Å². The molecule has 0 aliphatic carbocycles. The Morgan fingerprint density at radius 1 is 1.11 bits per heavy atom. The average molecular weight is 411 g/mol. The van der Waals surface area contributed by atoms with Gasteiger partial charge in [0, 0.05) is 23.2 Å². The highest BCUT2D eigenvalue weighted by molar-refractivity contribution is 7.15. The molecule has 2 N–H and O–H groups in total. The second-order valence-electron chi connectivity index (χ2n) is 7.41. The molecule has 0 saturated carbocycles. The van der Waals surface area contributed by atoms with Crippen LogP contribution >= 0.6 is 22.7 Å². The van der Waals surface area contributed by atoms with Crippen LogP contribution in [0.25, 0.3) is 4.96 Å². The van der Waals surface area contributed by atoms with Crippen LogP contribution in [0.2, 0.25) is 0 Å². The topological polar surface area (TPSA) is 51.0 Å². The Bertz CT molecular complexity index is 1090. The van der Waals surface area contributed by atoms with E-state index in [9.17, 15) is 4.79 Å². The number of aromatic nitrogens is 2. The van der Waals surface area contributed by atoms with Gasteiger partial charge in [-0.2, -0.15) is 0 Å². The van der Waals surface area contributed by atoms with Crippen LogP contribution in [0.3, 0.4) is 0 Å². The lowest BCUT2D eigenvalue weighted by Gasteiger charge is -2.15. The SMILES string of the molecule is CC(C)Cc1ccc([C@H]([NH2+]Cc2cc(=O)n3ccsc3n2)c2cccs2)cc1. The van der Waals surface area contributed by atoms with Crippen LogP contribution in [0.4, 0.5) is 0 Å². The standard InChI is InChI=1S/C22H23N3OS2/c1-15(2)12-16-5-7-17(8-6-16)21(19-4-3-10-27-19)23-14-18-13-20(26)25-9-11-28-22(25)24-18/h3-11,13,15,21,23H,12,14H2,1-2H3/p+1/t21-/m0/s1.